The molecular weight excluding hydrogens is 316 g/mol. The second-order valence-corrected chi connectivity index (χ2v) is 7.17. The number of anilines is 1. The minimum absolute atomic E-state index is 0.0294. The SMILES string of the molecule is NC1CCCC(C(=O)NCc2cccc(NC(=O)N3CCCC3)c2)C1. The highest BCUT2D eigenvalue weighted by Crippen LogP contribution is 2.23. The van der Waals surface area contributed by atoms with Gasteiger partial charge < -0.3 is 21.3 Å². The molecule has 4 N–H and O–H groups in total. The Morgan fingerprint density at radius 1 is 1.16 bits per heavy atom. The predicted octanol–water partition coefficient (Wildman–Crippen LogP) is 2.45. The van der Waals surface area contributed by atoms with Crippen molar-refractivity contribution in [3.8, 4) is 0 Å². The number of carbonyl (C=O) groups is 2. The molecule has 0 radical (unpaired) electrons. The molecule has 3 amide bonds. The highest BCUT2D eigenvalue weighted by atomic mass is 16.2. The van der Waals surface area contributed by atoms with Crippen LogP contribution in [0.2, 0.25) is 0 Å². The van der Waals surface area contributed by atoms with Gasteiger partial charge in [0, 0.05) is 37.3 Å². The highest BCUT2D eigenvalue weighted by Gasteiger charge is 2.25. The summed E-state index contributed by atoms with van der Waals surface area (Å²) in [7, 11) is 0. The number of likely N-dealkylation sites (tertiary alicyclic amines) is 1. The van der Waals surface area contributed by atoms with Crippen molar-refractivity contribution in [1.82, 2.24) is 10.2 Å². The van der Waals surface area contributed by atoms with Crippen LogP contribution in [0.15, 0.2) is 24.3 Å². The van der Waals surface area contributed by atoms with Gasteiger partial charge in [0.2, 0.25) is 5.91 Å². The fourth-order valence-electron chi connectivity index (χ4n) is 3.68. The summed E-state index contributed by atoms with van der Waals surface area (Å²) in [6, 6.07) is 7.75. The van der Waals surface area contributed by atoms with E-state index in [4.69, 9.17) is 5.73 Å². The summed E-state index contributed by atoms with van der Waals surface area (Å²) in [6.07, 6.45) is 5.89. The highest BCUT2D eigenvalue weighted by molar-refractivity contribution is 5.89. The summed E-state index contributed by atoms with van der Waals surface area (Å²) in [5, 5.41) is 5.95. The van der Waals surface area contributed by atoms with Crippen LogP contribution in [-0.2, 0) is 11.3 Å². The molecule has 3 rings (SSSR count). The Labute approximate surface area is 149 Å². The smallest absolute Gasteiger partial charge is 0.321 e. The van der Waals surface area contributed by atoms with Gasteiger partial charge in [0.15, 0.2) is 0 Å². The molecule has 1 saturated heterocycles. The molecule has 6 nitrogen and oxygen atoms in total. The number of nitrogens with one attached hydrogen (secondary N) is 2. The Kier molecular flexibility index (Phi) is 5.91. The normalized spacial score (nSPS) is 23.3. The topological polar surface area (TPSA) is 87.5 Å². The van der Waals surface area contributed by atoms with E-state index in [2.05, 4.69) is 10.6 Å². The van der Waals surface area contributed by atoms with Crippen molar-refractivity contribution in [2.45, 2.75) is 51.1 Å². The zero-order valence-corrected chi connectivity index (χ0v) is 14.7. The van der Waals surface area contributed by atoms with E-state index < -0.39 is 0 Å². The van der Waals surface area contributed by atoms with Gasteiger partial charge >= 0.3 is 6.03 Å². The molecule has 2 fully saturated rings. The third-order valence-electron chi connectivity index (χ3n) is 5.12. The summed E-state index contributed by atoms with van der Waals surface area (Å²) in [5.41, 5.74) is 7.71. The van der Waals surface area contributed by atoms with Gasteiger partial charge in [-0.1, -0.05) is 18.6 Å². The summed E-state index contributed by atoms with van der Waals surface area (Å²) in [6.45, 7) is 2.12. The van der Waals surface area contributed by atoms with Crippen molar-refractivity contribution in [3.63, 3.8) is 0 Å². The average molecular weight is 344 g/mol. The van der Waals surface area contributed by atoms with E-state index in [0.717, 1.165) is 62.9 Å². The Bertz CT molecular complexity index is 613. The van der Waals surface area contributed by atoms with Crippen molar-refractivity contribution < 1.29 is 9.59 Å². The Morgan fingerprint density at radius 3 is 2.72 bits per heavy atom. The van der Waals surface area contributed by atoms with Crippen LogP contribution in [0.3, 0.4) is 0 Å². The molecule has 1 aliphatic carbocycles. The molecule has 1 aromatic rings. The van der Waals surface area contributed by atoms with Crippen LogP contribution < -0.4 is 16.4 Å². The second-order valence-electron chi connectivity index (χ2n) is 7.17. The molecule has 25 heavy (non-hydrogen) atoms. The standard InChI is InChI=1S/C19H28N4O2/c20-16-7-4-6-15(12-16)18(24)21-13-14-5-3-8-17(11-14)22-19(25)23-9-1-2-10-23/h3,5,8,11,15-16H,1-2,4,6-7,9-10,12-13,20H2,(H,21,24)(H,22,25). The number of hydrogen-bond acceptors (Lipinski definition) is 3. The number of carbonyl (C=O) groups excluding carboxylic acids is 2. The van der Waals surface area contributed by atoms with Crippen molar-refractivity contribution >= 4 is 17.6 Å². The van der Waals surface area contributed by atoms with Crippen molar-refractivity contribution in [1.29, 1.82) is 0 Å². The van der Waals surface area contributed by atoms with Crippen LogP contribution in [0.1, 0.15) is 44.1 Å². The molecule has 0 aromatic heterocycles. The first-order valence-corrected chi connectivity index (χ1v) is 9.30. The van der Waals surface area contributed by atoms with E-state index in [1.54, 1.807) is 0 Å². The number of nitrogens with zero attached hydrogens (tertiary/aromatic N) is 1. The first-order valence-electron chi connectivity index (χ1n) is 9.30. The third kappa shape index (κ3) is 4.95. The van der Waals surface area contributed by atoms with Crippen LogP contribution >= 0.6 is 0 Å². The second kappa shape index (κ2) is 8.34. The molecule has 6 heteroatoms. The first kappa shape index (κ1) is 17.7. The maximum atomic E-state index is 12.3. The quantitative estimate of drug-likeness (QED) is 0.784. The number of urea groups is 1. The summed E-state index contributed by atoms with van der Waals surface area (Å²) < 4.78 is 0. The summed E-state index contributed by atoms with van der Waals surface area (Å²) in [4.78, 5) is 26.3. The lowest BCUT2D eigenvalue weighted by Crippen LogP contribution is -2.37. The predicted molar refractivity (Wildman–Crippen MR) is 98.0 cm³/mol. The lowest BCUT2D eigenvalue weighted by Gasteiger charge is -2.25. The van der Waals surface area contributed by atoms with Crippen LogP contribution in [0, 0.1) is 5.92 Å². The van der Waals surface area contributed by atoms with Gasteiger partial charge in [0.05, 0.1) is 0 Å². The summed E-state index contributed by atoms with van der Waals surface area (Å²) in [5.74, 6) is 0.114. The van der Waals surface area contributed by atoms with Gasteiger partial charge in [0.1, 0.15) is 0 Å². The van der Waals surface area contributed by atoms with Gasteiger partial charge in [0.25, 0.3) is 0 Å². The van der Waals surface area contributed by atoms with E-state index in [1.807, 2.05) is 29.2 Å². The zero-order chi connectivity index (χ0) is 17.6. The lowest BCUT2D eigenvalue weighted by atomic mass is 9.85. The van der Waals surface area contributed by atoms with Crippen LogP contribution in [0.25, 0.3) is 0 Å². The van der Waals surface area contributed by atoms with E-state index in [-0.39, 0.29) is 23.9 Å². The van der Waals surface area contributed by atoms with Gasteiger partial charge in [-0.25, -0.2) is 4.79 Å². The fourth-order valence-corrected chi connectivity index (χ4v) is 3.68. The third-order valence-corrected chi connectivity index (χ3v) is 5.12. The molecule has 1 saturated carbocycles. The van der Waals surface area contributed by atoms with Crippen LogP contribution in [-0.4, -0.2) is 36.0 Å². The van der Waals surface area contributed by atoms with E-state index in [1.165, 1.54) is 0 Å². The lowest BCUT2D eigenvalue weighted by molar-refractivity contribution is -0.126. The molecule has 1 aliphatic heterocycles. The van der Waals surface area contributed by atoms with Gasteiger partial charge in [-0.3, -0.25) is 4.79 Å². The molecule has 0 spiro atoms. The van der Waals surface area contributed by atoms with Gasteiger partial charge in [-0.2, -0.15) is 0 Å². The molecular formula is C19H28N4O2. The van der Waals surface area contributed by atoms with Crippen molar-refractivity contribution in [2.75, 3.05) is 18.4 Å². The monoisotopic (exact) mass is 344 g/mol. The number of nitrogens with two attached hydrogens (primary N) is 1. The number of amides is 3. The Balaban J connectivity index is 1.51. The van der Waals surface area contributed by atoms with Gasteiger partial charge in [-0.15, -0.1) is 0 Å². The minimum atomic E-state index is -0.0464. The average Bonchev–Trinajstić information content (AvgIpc) is 3.15. The first-order chi connectivity index (χ1) is 12.1. The maximum Gasteiger partial charge on any atom is 0.321 e. The number of hydrogen-bond donors (Lipinski definition) is 3. The summed E-state index contributed by atoms with van der Waals surface area (Å²) >= 11 is 0. The minimum Gasteiger partial charge on any atom is -0.352 e. The fraction of sp³-hybridized carbons (Fsp3) is 0.579. The van der Waals surface area contributed by atoms with E-state index in [0.29, 0.717) is 6.54 Å². The number of benzene rings is 1. The van der Waals surface area contributed by atoms with Crippen LogP contribution in [0.5, 0.6) is 0 Å². The van der Waals surface area contributed by atoms with Crippen molar-refractivity contribution in [3.05, 3.63) is 29.8 Å². The van der Waals surface area contributed by atoms with Crippen LogP contribution in [0.4, 0.5) is 10.5 Å². The van der Waals surface area contributed by atoms with Gasteiger partial charge in [-0.05, 0) is 49.8 Å². The van der Waals surface area contributed by atoms with E-state index >= 15 is 0 Å². The molecule has 0 bridgehead atoms. The molecule has 2 atom stereocenters. The van der Waals surface area contributed by atoms with E-state index in [9.17, 15) is 9.59 Å². The molecule has 136 valence electrons. The van der Waals surface area contributed by atoms with Crippen molar-refractivity contribution in [2.24, 2.45) is 11.7 Å². The molecule has 1 aromatic carbocycles. The Morgan fingerprint density at radius 2 is 1.96 bits per heavy atom. The largest absolute Gasteiger partial charge is 0.352 e. The maximum absolute atomic E-state index is 12.3. The molecule has 1 heterocycles. The number of rotatable bonds is 4. The Hall–Kier alpha value is -2.08. The zero-order valence-electron chi connectivity index (χ0n) is 14.7. The molecule has 2 aliphatic rings. The molecule has 2 unspecified atom stereocenters.